The van der Waals surface area contributed by atoms with Gasteiger partial charge in [0.05, 0.1) is 13.5 Å². The van der Waals surface area contributed by atoms with Gasteiger partial charge in [0.1, 0.15) is 5.82 Å². The first-order valence-electron chi connectivity index (χ1n) is 4.07. The molecule has 0 saturated carbocycles. The molecule has 0 atom stereocenters. The molecular formula is C10H10BrFO2. The van der Waals surface area contributed by atoms with Crippen LogP contribution in [-0.4, -0.2) is 13.1 Å². The Balaban J connectivity index is 2.89. The number of rotatable bonds is 3. The molecule has 0 saturated heterocycles. The van der Waals surface area contributed by atoms with Crippen LogP contribution in [0.2, 0.25) is 0 Å². The second-order valence-electron chi connectivity index (χ2n) is 2.81. The zero-order valence-corrected chi connectivity index (χ0v) is 9.30. The maximum atomic E-state index is 13.2. The number of carbonyl (C=O) groups excluding carboxylic acids is 1. The molecule has 0 N–H and O–H groups in total. The SMILES string of the molecule is COC(=O)Cc1cc(CBr)ccc1F. The molecule has 0 aromatic heterocycles. The van der Waals surface area contributed by atoms with Gasteiger partial charge in [-0.1, -0.05) is 28.1 Å². The van der Waals surface area contributed by atoms with E-state index >= 15 is 0 Å². The fraction of sp³-hybridized carbons (Fsp3) is 0.300. The molecule has 2 nitrogen and oxygen atoms in total. The standard InChI is InChI=1S/C10H10BrFO2/c1-14-10(13)5-8-4-7(6-11)2-3-9(8)12/h2-4H,5-6H2,1H3. The summed E-state index contributed by atoms with van der Waals surface area (Å²) in [6.07, 6.45) is -0.0246. The lowest BCUT2D eigenvalue weighted by atomic mass is 10.1. The molecule has 1 rings (SSSR count). The maximum Gasteiger partial charge on any atom is 0.310 e. The summed E-state index contributed by atoms with van der Waals surface area (Å²) >= 11 is 3.26. The van der Waals surface area contributed by atoms with E-state index in [2.05, 4.69) is 20.7 Å². The van der Waals surface area contributed by atoms with E-state index < -0.39 is 5.97 Å². The highest BCUT2D eigenvalue weighted by molar-refractivity contribution is 9.08. The first-order chi connectivity index (χ1) is 6.67. The summed E-state index contributed by atoms with van der Waals surface area (Å²) in [6.45, 7) is 0. The molecule has 0 fully saturated rings. The average Bonchev–Trinajstić information content (AvgIpc) is 2.21. The molecule has 1 aromatic rings. The fourth-order valence-corrected chi connectivity index (χ4v) is 1.42. The third-order valence-corrected chi connectivity index (χ3v) is 2.47. The molecule has 76 valence electrons. The van der Waals surface area contributed by atoms with Crippen LogP contribution in [0.3, 0.4) is 0 Å². The molecule has 0 aliphatic heterocycles. The van der Waals surface area contributed by atoms with Crippen LogP contribution in [0.1, 0.15) is 11.1 Å². The lowest BCUT2D eigenvalue weighted by molar-refractivity contribution is -0.139. The van der Waals surface area contributed by atoms with Crippen molar-refractivity contribution in [3.63, 3.8) is 0 Å². The van der Waals surface area contributed by atoms with E-state index in [1.165, 1.54) is 13.2 Å². The van der Waals surface area contributed by atoms with Gasteiger partial charge in [-0.05, 0) is 17.2 Å². The average molecular weight is 261 g/mol. The summed E-state index contributed by atoms with van der Waals surface area (Å²) in [5.41, 5.74) is 1.30. The van der Waals surface area contributed by atoms with Gasteiger partial charge in [-0.25, -0.2) is 4.39 Å². The van der Waals surface area contributed by atoms with Crippen molar-refractivity contribution >= 4 is 21.9 Å². The monoisotopic (exact) mass is 260 g/mol. The lowest BCUT2D eigenvalue weighted by Crippen LogP contribution is -2.06. The highest BCUT2D eigenvalue weighted by Gasteiger charge is 2.08. The smallest absolute Gasteiger partial charge is 0.310 e. The number of alkyl halides is 1. The highest BCUT2D eigenvalue weighted by Crippen LogP contribution is 2.14. The van der Waals surface area contributed by atoms with Crippen LogP contribution in [0.5, 0.6) is 0 Å². The number of benzene rings is 1. The van der Waals surface area contributed by atoms with Crippen molar-refractivity contribution in [2.75, 3.05) is 7.11 Å². The molecule has 0 heterocycles. The zero-order chi connectivity index (χ0) is 10.6. The van der Waals surface area contributed by atoms with E-state index in [1.807, 2.05) is 0 Å². The third kappa shape index (κ3) is 2.80. The van der Waals surface area contributed by atoms with Gasteiger partial charge in [0, 0.05) is 5.33 Å². The number of esters is 1. The van der Waals surface area contributed by atoms with E-state index in [4.69, 9.17) is 0 Å². The lowest BCUT2D eigenvalue weighted by Gasteiger charge is -2.03. The van der Waals surface area contributed by atoms with Crippen molar-refractivity contribution in [2.24, 2.45) is 0 Å². The molecule has 0 amide bonds. The highest BCUT2D eigenvalue weighted by atomic mass is 79.9. The summed E-state index contributed by atoms with van der Waals surface area (Å²) < 4.78 is 17.6. The van der Waals surface area contributed by atoms with Crippen molar-refractivity contribution in [1.29, 1.82) is 0 Å². The van der Waals surface area contributed by atoms with Gasteiger partial charge in [0.15, 0.2) is 0 Å². The van der Waals surface area contributed by atoms with Crippen molar-refractivity contribution in [2.45, 2.75) is 11.8 Å². The van der Waals surface area contributed by atoms with Crippen molar-refractivity contribution in [3.05, 3.63) is 35.1 Å². The molecule has 4 heteroatoms. The maximum absolute atomic E-state index is 13.2. The minimum absolute atomic E-state index is 0.0246. The predicted molar refractivity (Wildman–Crippen MR) is 54.8 cm³/mol. The topological polar surface area (TPSA) is 26.3 Å². The Morgan fingerprint density at radius 2 is 2.29 bits per heavy atom. The van der Waals surface area contributed by atoms with Crippen molar-refractivity contribution < 1.29 is 13.9 Å². The number of halogens is 2. The Kier molecular flexibility index (Phi) is 4.07. The molecule has 0 radical (unpaired) electrons. The first-order valence-corrected chi connectivity index (χ1v) is 5.19. The Bertz CT molecular complexity index is 339. The Morgan fingerprint density at radius 1 is 1.57 bits per heavy atom. The molecular weight excluding hydrogens is 251 g/mol. The zero-order valence-electron chi connectivity index (χ0n) is 7.72. The number of methoxy groups -OCH3 is 1. The van der Waals surface area contributed by atoms with Crippen molar-refractivity contribution in [3.8, 4) is 0 Å². The summed E-state index contributed by atoms with van der Waals surface area (Å²) in [6, 6.07) is 4.68. The first kappa shape index (κ1) is 11.2. The number of carbonyl (C=O) groups is 1. The van der Waals surface area contributed by atoms with Crippen LogP contribution >= 0.6 is 15.9 Å². The summed E-state index contributed by atoms with van der Waals surface area (Å²) in [4.78, 5) is 10.9. The third-order valence-electron chi connectivity index (χ3n) is 1.83. The molecule has 0 spiro atoms. The Hall–Kier alpha value is -0.900. The van der Waals surface area contributed by atoms with E-state index in [0.717, 1.165) is 5.56 Å². The molecule has 1 aromatic carbocycles. The van der Waals surface area contributed by atoms with Crippen LogP contribution < -0.4 is 0 Å². The second kappa shape index (κ2) is 5.10. The summed E-state index contributed by atoms with van der Waals surface area (Å²) in [5.74, 6) is -0.810. The molecule has 0 unspecified atom stereocenters. The van der Waals surface area contributed by atoms with Gasteiger partial charge in [-0.15, -0.1) is 0 Å². The largest absolute Gasteiger partial charge is 0.469 e. The summed E-state index contributed by atoms with van der Waals surface area (Å²) in [5, 5.41) is 0.640. The van der Waals surface area contributed by atoms with Gasteiger partial charge in [-0.3, -0.25) is 4.79 Å². The molecule has 0 aliphatic carbocycles. The quantitative estimate of drug-likeness (QED) is 0.617. The van der Waals surface area contributed by atoms with Crippen LogP contribution in [0.4, 0.5) is 4.39 Å². The normalized spacial score (nSPS) is 9.93. The summed E-state index contributed by atoms with van der Waals surface area (Å²) in [7, 11) is 1.29. The van der Waals surface area contributed by atoms with Crippen LogP contribution in [-0.2, 0) is 21.3 Å². The van der Waals surface area contributed by atoms with Crippen LogP contribution in [0.15, 0.2) is 18.2 Å². The van der Waals surface area contributed by atoms with E-state index in [9.17, 15) is 9.18 Å². The van der Waals surface area contributed by atoms with Gasteiger partial charge in [-0.2, -0.15) is 0 Å². The number of hydrogen-bond acceptors (Lipinski definition) is 2. The molecule has 14 heavy (non-hydrogen) atoms. The van der Waals surface area contributed by atoms with E-state index in [-0.39, 0.29) is 12.2 Å². The van der Waals surface area contributed by atoms with Gasteiger partial charge in [0.2, 0.25) is 0 Å². The molecule has 0 bridgehead atoms. The predicted octanol–water partition coefficient (Wildman–Crippen LogP) is 2.44. The van der Waals surface area contributed by atoms with Crippen LogP contribution in [0, 0.1) is 5.82 Å². The van der Waals surface area contributed by atoms with Gasteiger partial charge >= 0.3 is 5.97 Å². The van der Waals surface area contributed by atoms with Gasteiger partial charge < -0.3 is 4.74 Å². The van der Waals surface area contributed by atoms with Crippen LogP contribution in [0.25, 0.3) is 0 Å². The minimum atomic E-state index is -0.435. The Morgan fingerprint density at radius 3 is 2.86 bits per heavy atom. The Labute approximate surface area is 90.2 Å². The number of hydrogen-bond donors (Lipinski definition) is 0. The van der Waals surface area contributed by atoms with E-state index in [0.29, 0.717) is 10.9 Å². The second-order valence-corrected chi connectivity index (χ2v) is 3.37. The fourth-order valence-electron chi connectivity index (χ4n) is 1.07. The van der Waals surface area contributed by atoms with Gasteiger partial charge in [0.25, 0.3) is 0 Å². The molecule has 0 aliphatic rings. The van der Waals surface area contributed by atoms with Crippen molar-refractivity contribution in [1.82, 2.24) is 0 Å². The number of ether oxygens (including phenoxy) is 1. The minimum Gasteiger partial charge on any atom is -0.469 e. The van der Waals surface area contributed by atoms with E-state index in [1.54, 1.807) is 12.1 Å².